The van der Waals surface area contributed by atoms with Crippen molar-refractivity contribution in [2.75, 3.05) is 0 Å². The average Bonchev–Trinajstić information content (AvgIpc) is 2.49. The molecule has 21 heavy (non-hydrogen) atoms. The van der Waals surface area contributed by atoms with Crippen molar-refractivity contribution in [2.24, 2.45) is 0 Å². The third-order valence-electron chi connectivity index (χ3n) is 3.39. The molecular formula is C18H15FO2. The maximum Gasteiger partial charge on any atom is 0.168 e. The number of aliphatic hydroxyl groups is 1. The Kier molecular flexibility index (Phi) is 3.59. The topological polar surface area (TPSA) is 29.5 Å². The number of ether oxygens (including phenoxy) is 1. The fourth-order valence-electron chi connectivity index (χ4n) is 2.31. The Morgan fingerprint density at radius 3 is 2.48 bits per heavy atom. The van der Waals surface area contributed by atoms with Crippen LogP contribution in [0.25, 0.3) is 10.8 Å². The lowest BCUT2D eigenvalue weighted by atomic mass is 10.1. The van der Waals surface area contributed by atoms with Gasteiger partial charge in [0.25, 0.3) is 0 Å². The molecule has 3 heteroatoms. The maximum atomic E-state index is 14.0. The van der Waals surface area contributed by atoms with Gasteiger partial charge in [-0.3, -0.25) is 0 Å². The predicted octanol–water partition coefficient (Wildman–Crippen LogP) is 4.82. The van der Waals surface area contributed by atoms with E-state index in [1.807, 2.05) is 36.4 Å². The first-order valence-electron chi connectivity index (χ1n) is 6.78. The SMILES string of the molecule is C[C@H](O)c1cccc(F)c1Oc1ccc2ccccc2c1. The van der Waals surface area contributed by atoms with Crippen molar-refractivity contribution in [3.05, 3.63) is 72.0 Å². The summed E-state index contributed by atoms with van der Waals surface area (Å²) in [5, 5.41) is 11.8. The number of benzene rings is 3. The average molecular weight is 282 g/mol. The summed E-state index contributed by atoms with van der Waals surface area (Å²) in [4.78, 5) is 0. The summed E-state index contributed by atoms with van der Waals surface area (Å²) in [7, 11) is 0. The van der Waals surface area contributed by atoms with E-state index in [-0.39, 0.29) is 5.75 Å². The Morgan fingerprint density at radius 1 is 0.952 bits per heavy atom. The first kappa shape index (κ1) is 13.6. The largest absolute Gasteiger partial charge is 0.454 e. The van der Waals surface area contributed by atoms with E-state index in [1.165, 1.54) is 6.07 Å². The van der Waals surface area contributed by atoms with E-state index in [0.29, 0.717) is 11.3 Å². The monoisotopic (exact) mass is 282 g/mol. The summed E-state index contributed by atoms with van der Waals surface area (Å²) in [5.74, 6) is 0.130. The van der Waals surface area contributed by atoms with Crippen LogP contribution in [0.3, 0.4) is 0 Å². The van der Waals surface area contributed by atoms with Crippen molar-refractivity contribution >= 4 is 10.8 Å². The van der Waals surface area contributed by atoms with E-state index in [9.17, 15) is 9.50 Å². The number of para-hydroxylation sites is 1. The molecule has 0 bridgehead atoms. The lowest BCUT2D eigenvalue weighted by Gasteiger charge is -2.14. The number of fused-ring (bicyclic) bond motifs is 1. The van der Waals surface area contributed by atoms with E-state index in [0.717, 1.165) is 10.8 Å². The molecule has 0 spiro atoms. The molecular weight excluding hydrogens is 267 g/mol. The molecule has 1 atom stereocenters. The van der Waals surface area contributed by atoms with Gasteiger partial charge in [0.15, 0.2) is 11.6 Å². The molecule has 0 saturated carbocycles. The number of hydrogen-bond acceptors (Lipinski definition) is 2. The molecule has 106 valence electrons. The molecule has 0 fully saturated rings. The van der Waals surface area contributed by atoms with Crippen LogP contribution in [0.15, 0.2) is 60.7 Å². The van der Waals surface area contributed by atoms with Crippen LogP contribution in [0.1, 0.15) is 18.6 Å². The Hall–Kier alpha value is -2.39. The van der Waals surface area contributed by atoms with Crippen molar-refractivity contribution in [1.29, 1.82) is 0 Å². The van der Waals surface area contributed by atoms with Crippen LogP contribution >= 0.6 is 0 Å². The first-order valence-corrected chi connectivity index (χ1v) is 6.78. The van der Waals surface area contributed by atoms with Crippen molar-refractivity contribution in [3.63, 3.8) is 0 Å². The summed E-state index contributed by atoms with van der Waals surface area (Å²) in [6.45, 7) is 1.59. The standard InChI is InChI=1S/C18H15FO2/c1-12(20)16-7-4-8-17(19)18(16)21-15-10-9-13-5-2-3-6-14(13)11-15/h2-12,20H,1H3/t12-/m0/s1. The van der Waals surface area contributed by atoms with Gasteiger partial charge in [-0.15, -0.1) is 0 Å². The Bertz CT molecular complexity index is 781. The lowest BCUT2D eigenvalue weighted by Crippen LogP contribution is -1.98. The Balaban J connectivity index is 2.02. The molecule has 0 aliphatic carbocycles. The van der Waals surface area contributed by atoms with Crippen molar-refractivity contribution in [3.8, 4) is 11.5 Å². The molecule has 0 aromatic heterocycles. The minimum absolute atomic E-state index is 0.0720. The molecule has 0 amide bonds. The van der Waals surface area contributed by atoms with E-state index in [4.69, 9.17) is 4.74 Å². The minimum atomic E-state index is -0.795. The van der Waals surface area contributed by atoms with Gasteiger partial charge in [0.1, 0.15) is 5.75 Å². The maximum absolute atomic E-state index is 14.0. The lowest BCUT2D eigenvalue weighted by molar-refractivity contribution is 0.194. The van der Waals surface area contributed by atoms with Gasteiger partial charge in [0.05, 0.1) is 6.10 Å². The molecule has 3 rings (SSSR count). The molecule has 0 aliphatic heterocycles. The second-order valence-electron chi connectivity index (χ2n) is 4.95. The molecule has 3 aromatic carbocycles. The van der Waals surface area contributed by atoms with Gasteiger partial charge in [-0.2, -0.15) is 0 Å². The second-order valence-corrected chi connectivity index (χ2v) is 4.95. The molecule has 2 nitrogen and oxygen atoms in total. The molecule has 0 heterocycles. The zero-order chi connectivity index (χ0) is 14.8. The van der Waals surface area contributed by atoms with Crippen molar-refractivity contribution in [2.45, 2.75) is 13.0 Å². The van der Waals surface area contributed by atoms with Crippen LogP contribution in [0, 0.1) is 5.82 Å². The highest BCUT2D eigenvalue weighted by Gasteiger charge is 2.14. The third kappa shape index (κ3) is 2.73. The Labute approximate surface area is 122 Å². The van der Waals surface area contributed by atoms with Crippen LogP contribution in [-0.2, 0) is 0 Å². The summed E-state index contributed by atoms with van der Waals surface area (Å²) >= 11 is 0. The van der Waals surface area contributed by atoms with Crippen LogP contribution in [0.5, 0.6) is 11.5 Å². The van der Waals surface area contributed by atoms with Gasteiger partial charge in [0.2, 0.25) is 0 Å². The van der Waals surface area contributed by atoms with Crippen molar-refractivity contribution in [1.82, 2.24) is 0 Å². The number of rotatable bonds is 3. The smallest absolute Gasteiger partial charge is 0.168 e. The summed E-state index contributed by atoms with van der Waals surface area (Å²) < 4.78 is 19.6. The number of aliphatic hydroxyl groups excluding tert-OH is 1. The molecule has 1 N–H and O–H groups in total. The van der Waals surface area contributed by atoms with Crippen LogP contribution < -0.4 is 4.74 Å². The molecule has 0 saturated heterocycles. The van der Waals surface area contributed by atoms with Crippen LogP contribution in [-0.4, -0.2) is 5.11 Å². The van der Waals surface area contributed by atoms with Crippen molar-refractivity contribution < 1.29 is 14.2 Å². The van der Waals surface area contributed by atoms with Crippen LogP contribution in [0.4, 0.5) is 4.39 Å². The molecule has 0 unspecified atom stereocenters. The molecule has 3 aromatic rings. The third-order valence-corrected chi connectivity index (χ3v) is 3.39. The van der Waals surface area contributed by atoms with Gasteiger partial charge in [-0.25, -0.2) is 4.39 Å². The number of halogens is 1. The summed E-state index contributed by atoms with van der Waals surface area (Å²) in [6.07, 6.45) is -0.795. The van der Waals surface area contributed by atoms with Gasteiger partial charge in [0, 0.05) is 5.56 Å². The highest BCUT2D eigenvalue weighted by molar-refractivity contribution is 5.83. The van der Waals surface area contributed by atoms with Gasteiger partial charge >= 0.3 is 0 Å². The highest BCUT2D eigenvalue weighted by Crippen LogP contribution is 2.33. The zero-order valence-electron chi connectivity index (χ0n) is 11.6. The normalized spacial score (nSPS) is 12.3. The minimum Gasteiger partial charge on any atom is -0.454 e. The van der Waals surface area contributed by atoms with Crippen LogP contribution in [0.2, 0.25) is 0 Å². The van der Waals surface area contributed by atoms with Gasteiger partial charge in [-0.05, 0) is 35.9 Å². The van der Waals surface area contributed by atoms with Gasteiger partial charge in [-0.1, -0.05) is 42.5 Å². The first-order chi connectivity index (χ1) is 10.1. The summed E-state index contributed by atoms with van der Waals surface area (Å²) in [5.41, 5.74) is 0.433. The van der Waals surface area contributed by atoms with Gasteiger partial charge < -0.3 is 9.84 Å². The fraction of sp³-hybridized carbons (Fsp3) is 0.111. The molecule has 0 radical (unpaired) electrons. The van der Waals surface area contributed by atoms with E-state index in [1.54, 1.807) is 25.1 Å². The quantitative estimate of drug-likeness (QED) is 0.746. The Morgan fingerprint density at radius 2 is 1.71 bits per heavy atom. The summed E-state index contributed by atoms with van der Waals surface area (Å²) in [6, 6.07) is 18.0. The number of hydrogen-bond donors (Lipinski definition) is 1. The van der Waals surface area contributed by atoms with E-state index in [2.05, 4.69) is 0 Å². The van der Waals surface area contributed by atoms with E-state index >= 15 is 0 Å². The predicted molar refractivity (Wildman–Crippen MR) is 81.1 cm³/mol. The zero-order valence-corrected chi connectivity index (χ0v) is 11.6. The molecule has 0 aliphatic rings. The second kappa shape index (κ2) is 5.54. The highest BCUT2D eigenvalue weighted by atomic mass is 19.1. The fourth-order valence-corrected chi connectivity index (χ4v) is 2.31. The van der Waals surface area contributed by atoms with E-state index < -0.39 is 11.9 Å².